The summed E-state index contributed by atoms with van der Waals surface area (Å²) in [5, 5.41) is 7.05. The van der Waals surface area contributed by atoms with Crippen LogP contribution in [0.3, 0.4) is 0 Å². The number of hydrogen-bond acceptors (Lipinski definition) is 4. The van der Waals surface area contributed by atoms with E-state index in [-0.39, 0.29) is 24.0 Å². The molecule has 2 unspecified atom stereocenters. The first-order valence-electron chi connectivity index (χ1n) is 11.2. The zero-order chi connectivity index (χ0) is 20.8. The van der Waals surface area contributed by atoms with Crippen LogP contribution >= 0.6 is 24.0 Å². The van der Waals surface area contributed by atoms with Gasteiger partial charge in [0.1, 0.15) is 5.82 Å². The summed E-state index contributed by atoms with van der Waals surface area (Å²) in [4.78, 5) is 14.0. The highest BCUT2D eigenvalue weighted by atomic mass is 127. The Kier molecular flexibility index (Phi) is 8.95. The molecule has 0 spiro atoms. The van der Waals surface area contributed by atoms with Crippen LogP contribution in [0.25, 0.3) is 0 Å². The molecule has 0 saturated carbocycles. The van der Waals surface area contributed by atoms with Gasteiger partial charge in [0.25, 0.3) is 0 Å². The van der Waals surface area contributed by atoms with Crippen molar-refractivity contribution in [1.29, 1.82) is 0 Å². The molecule has 3 heterocycles. The van der Waals surface area contributed by atoms with Crippen molar-refractivity contribution in [3.05, 3.63) is 59.8 Å². The molecule has 2 aliphatic rings. The number of halogens is 1. The maximum absolute atomic E-state index is 4.65. The molecule has 2 atom stereocenters. The van der Waals surface area contributed by atoms with E-state index in [4.69, 9.17) is 0 Å². The Balaban J connectivity index is 0.00000272. The van der Waals surface area contributed by atoms with Crippen LogP contribution in [0, 0.1) is 0 Å². The zero-order valence-electron chi connectivity index (χ0n) is 18.6. The smallest absolute Gasteiger partial charge is 0.191 e. The van der Waals surface area contributed by atoms with Gasteiger partial charge in [-0.1, -0.05) is 36.4 Å². The Bertz CT molecular complexity index is 820. The zero-order valence-corrected chi connectivity index (χ0v) is 21.0. The molecule has 1 aromatic carbocycles. The van der Waals surface area contributed by atoms with E-state index in [2.05, 4.69) is 79.8 Å². The largest absolute Gasteiger partial charge is 0.357 e. The van der Waals surface area contributed by atoms with Crippen LogP contribution in [0.5, 0.6) is 0 Å². The molecule has 2 N–H and O–H groups in total. The van der Waals surface area contributed by atoms with Gasteiger partial charge in [0.05, 0.1) is 0 Å². The number of guanidine groups is 1. The van der Waals surface area contributed by atoms with Crippen LogP contribution < -0.4 is 15.5 Å². The topological polar surface area (TPSA) is 55.8 Å². The van der Waals surface area contributed by atoms with E-state index in [1.807, 2.05) is 13.2 Å². The highest BCUT2D eigenvalue weighted by Crippen LogP contribution is 2.20. The van der Waals surface area contributed by atoms with Crippen LogP contribution in [0.4, 0.5) is 5.82 Å². The summed E-state index contributed by atoms with van der Waals surface area (Å²) >= 11 is 0. The fourth-order valence-electron chi connectivity index (χ4n) is 4.47. The molecule has 4 rings (SSSR count). The third-order valence-electron chi connectivity index (χ3n) is 6.20. The van der Waals surface area contributed by atoms with E-state index in [1.165, 1.54) is 24.0 Å². The van der Waals surface area contributed by atoms with Crippen molar-refractivity contribution < 1.29 is 0 Å². The summed E-state index contributed by atoms with van der Waals surface area (Å²) < 4.78 is 0. The van der Waals surface area contributed by atoms with Crippen molar-refractivity contribution in [3.8, 4) is 0 Å². The summed E-state index contributed by atoms with van der Waals surface area (Å²) in [7, 11) is 1.84. The first kappa shape index (κ1) is 23.8. The molecule has 0 bridgehead atoms. The van der Waals surface area contributed by atoms with Gasteiger partial charge in [-0.25, -0.2) is 4.98 Å². The molecule has 2 aromatic rings. The van der Waals surface area contributed by atoms with Gasteiger partial charge in [-0.2, -0.15) is 0 Å². The van der Waals surface area contributed by atoms with E-state index < -0.39 is 0 Å². The Morgan fingerprint density at radius 3 is 2.55 bits per heavy atom. The predicted molar refractivity (Wildman–Crippen MR) is 139 cm³/mol. The van der Waals surface area contributed by atoms with E-state index in [1.54, 1.807) is 0 Å². The second-order valence-corrected chi connectivity index (χ2v) is 8.49. The Morgan fingerprint density at radius 2 is 1.87 bits per heavy atom. The second kappa shape index (κ2) is 11.7. The monoisotopic (exact) mass is 534 g/mol. The number of pyridine rings is 1. The molecule has 0 radical (unpaired) electrons. The van der Waals surface area contributed by atoms with Crippen molar-refractivity contribution in [2.45, 2.75) is 51.4 Å². The number of nitrogens with one attached hydrogen (secondary N) is 2. The maximum atomic E-state index is 4.65. The Hall–Kier alpha value is -1.87. The summed E-state index contributed by atoms with van der Waals surface area (Å²) in [5.41, 5.74) is 2.55. The fraction of sp³-hybridized carbons (Fsp3) is 0.500. The molecule has 6 nitrogen and oxygen atoms in total. The van der Waals surface area contributed by atoms with Crippen LogP contribution in [-0.2, 0) is 13.1 Å². The number of aromatic nitrogens is 1. The van der Waals surface area contributed by atoms with Gasteiger partial charge in [0.15, 0.2) is 5.96 Å². The van der Waals surface area contributed by atoms with Crippen LogP contribution in [0.2, 0.25) is 0 Å². The number of hydrogen-bond donors (Lipinski definition) is 2. The number of rotatable bonds is 6. The summed E-state index contributed by atoms with van der Waals surface area (Å²) in [6.07, 6.45) is 5.65. The molecular formula is C24H35IN6. The molecule has 2 aliphatic heterocycles. The first-order chi connectivity index (χ1) is 14.7. The van der Waals surface area contributed by atoms with Crippen LogP contribution in [0.15, 0.2) is 53.7 Å². The lowest BCUT2D eigenvalue weighted by Gasteiger charge is -2.21. The number of likely N-dealkylation sites (tertiary alicyclic amines) is 1. The predicted octanol–water partition coefficient (Wildman–Crippen LogP) is 3.63. The maximum Gasteiger partial charge on any atom is 0.191 e. The lowest BCUT2D eigenvalue weighted by molar-refractivity contribution is 0.258. The molecule has 168 valence electrons. The lowest BCUT2D eigenvalue weighted by Crippen LogP contribution is -2.44. The van der Waals surface area contributed by atoms with E-state index >= 15 is 0 Å². The molecule has 31 heavy (non-hydrogen) atoms. The minimum atomic E-state index is 0. The van der Waals surface area contributed by atoms with Crippen LogP contribution in [-0.4, -0.2) is 54.6 Å². The lowest BCUT2D eigenvalue weighted by atomic mass is 10.2. The minimum Gasteiger partial charge on any atom is -0.357 e. The molecule has 7 heteroatoms. The summed E-state index contributed by atoms with van der Waals surface area (Å²) in [6, 6.07) is 16.0. The SMILES string of the molecule is CN=C(NCc1ccc(N2CCCC2)nc1)NC1CC(C)N(Cc2ccccc2)C1.I. The van der Waals surface area contributed by atoms with E-state index in [0.29, 0.717) is 12.1 Å². The first-order valence-corrected chi connectivity index (χ1v) is 11.2. The van der Waals surface area contributed by atoms with Crippen molar-refractivity contribution >= 4 is 35.8 Å². The quantitative estimate of drug-likeness (QED) is 0.337. The molecule has 0 amide bonds. The minimum absolute atomic E-state index is 0. The van der Waals surface area contributed by atoms with Crippen molar-refractivity contribution in [2.24, 2.45) is 4.99 Å². The molecule has 2 fully saturated rings. The van der Waals surface area contributed by atoms with Crippen LogP contribution in [0.1, 0.15) is 37.3 Å². The number of aliphatic imine (C=N–C) groups is 1. The highest BCUT2D eigenvalue weighted by Gasteiger charge is 2.29. The Labute approximate surface area is 203 Å². The van der Waals surface area contributed by atoms with E-state index in [0.717, 1.165) is 50.9 Å². The normalized spacial score (nSPS) is 21.7. The number of nitrogens with zero attached hydrogens (tertiary/aromatic N) is 4. The molecular weight excluding hydrogens is 499 g/mol. The second-order valence-electron chi connectivity index (χ2n) is 8.49. The fourth-order valence-corrected chi connectivity index (χ4v) is 4.47. The van der Waals surface area contributed by atoms with Gasteiger partial charge in [-0.05, 0) is 43.4 Å². The highest BCUT2D eigenvalue weighted by molar-refractivity contribution is 14.0. The van der Waals surface area contributed by atoms with Gasteiger partial charge < -0.3 is 15.5 Å². The van der Waals surface area contributed by atoms with Crippen molar-refractivity contribution in [1.82, 2.24) is 20.5 Å². The summed E-state index contributed by atoms with van der Waals surface area (Å²) in [5.74, 6) is 1.95. The third kappa shape index (κ3) is 6.55. The molecule has 1 aromatic heterocycles. The standard InChI is InChI=1S/C24H34N6.HI/c1-19-14-22(18-30(19)17-20-8-4-3-5-9-20)28-24(25-2)27-16-21-10-11-23(26-15-21)29-12-6-7-13-29;/h3-5,8-11,15,19,22H,6-7,12-14,16-18H2,1-2H3,(H2,25,27,28);1H. The van der Waals surface area contributed by atoms with E-state index in [9.17, 15) is 0 Å². The van der Waals surface area contributed by atoms with Crippen molar-refractivity contribution in [2.75, 3.05) is 31.6 Å². The van der Waals surface area contributed by atoms with Gasteiger partial charge in [-0.3, -0.25) is 9.89 Å². The Morgan fingerprint density at radius 1 is 1.10 bits per heavy atom. The van der Waals surface area contributed by atoms with Gasteiger partial charge in [0.2, 0.25) is 0 Å². The summed E-state index contributed by atoms with van der Waals surface area (Å²) in [6.45, 7) is 7.33. The average molecular weight is 534 g/mol. The molecule has 0 aliphatic carbocycles. The van der Waals surface area contributed by atoms with Gasteiger partial charge in [-0.15, -0.1) is 24.0 Å². The number of benzene rings is 1. The van der Waals surface area contributed by atoms with Gasteiger partial charge in [0, 0.05) is 58.1 Å². The number of anilines is 1. The molecule has 2 saturated heterocycles. The van der Waals surface area contributed by atoms with Crippen molar-refractivity contribution in [3.63, 3.8) is 0 Å². The van der Waals surface area contributed by atoms with Gasteiger partial charge >= 0.3 is 0 Å². The average Bonchev–Trinajstić information content (AvgIpc) is 3.43. The third-order valence-corrected chi connectivity index (χ3v) is 6.20.